The summed E-state index contributed by atoms with van der Waals surface area (Å²) >= 11 is 15.0. The van der Waals surface area contributed by atoms with Crippen LogP contribution in [0.15, 0.2) is 53.3 Å². The van der Waals surface area contributed by atoms with E-state index in [1.807, 2.05) is 6.92 Å². The van der Waals surface area contributed by atoms with Gasteiger partial charge in [-0.05, 0) is 73.7 Å². The van der Waals surface area contributed by atoms with Crippen molar-refractivity contribution in [1.82, 2.24) is 19.9 Å². The summed E-state index contributed by atoms with van der Waals surface area (Å²) in [6.07, 6.45) is 4.14. The predicted octanol–water partition coefficient (Wildman–Crippen LogP) is 9.42. The fourth-order valence-electron chi connectivity index (χ4n) is 5.68. The molecule has 8 nitrogen and oxygen atoms in total. The number of benzene rings is 2. The van der Waals surface area contributed by atoms with Gasteiger partial charge >= 0.3 is 19.5 Å². The smallest absolute Gasteiger partial charge is 0.423 e. The van der Waals surface area contributed by atoms with E-state index >= 15 is 0 Å². The quantitative estimate of drug-likeness (QED) is 0.112. The summed E-state index contributed by atoms with van der Waals surface area (Å²) in [5.41, 5.74) is -0.738. The van der Waals surface area contributed by atoms with Gasteiger partial charge in [0, 0.05) is 51.1 Å². The number of hydrogen-bond donors (Lipinski definition) is 4. The predicted molar refractivity (Wildman–Crippen MR) is 195 cm³/mol. The van der Waals surface area contributed by atoms with E-state index in [-0.39, 0.29) is 15.5 Å². The monoisotopic (exact) mass is 834 g/mol. The summed E-state index contributed by atoms with van der Waals surface area (Å²) in [5.74, 6) is 2.97. The Morgan fingerprint density at radius 1 is 0.692 bits per heavy atom. The number of aryl methyl sites for hydroxylation is 2. The van der Waals surface area contributed by atoms with Gasteiger partial charge in [-0.25, -0.2) is 19.9 Å². The molecular weight excluding hydrogens is 800 g/mol. The number of hydrogen-bond acceptors (Lipinski definition) is 8. The summed E-state index contributed by atoms with van der Waals surface area (Å²) in [5, 5.41) is 23.9. The van der Waals surface area contributed by atoms with Gasteiger partial charge in [0.15, 0.2) is 0 Å². The lowest BCUT2D eigenvalue weighted by Crippen LogP contribution is -2.31. The highest BCUT2D eigenvalue weighted by atomic mass is 79.9. The molecule has 2 saturated carbocycles. The minimum atomic E-state index is -4.48. The van der Waals surface area contributed by atoms with Crippen LogP contribution in [0, 0.1) is 13.8 Å². The molecule has 0 bridgehead atoms. The Balaban J connectivity index is 0.000000186. The van der Waals surface area contributed by atoms with E-state index in [0.29, 0.717) is 40.9 Å². The number of anilines is 2. The molecule has 2 aromatic heterocycles. The van der Waals surface area contributed by atoms with Crippen LogP contribution in [0.1, 0.15) is 74.1 Å². The normalized spacial score (nSPS) is 15.0. The van der Waals surface area contributed by atoms with Crippen molar-refractivity contribution in [3.8, 4) is 11.1 Å². The number of rotatable bonds is 6. The van der Waals surface area contributed by atoms with Gasteiger partial charge in [-0.2, -0.15) is 26.3 Å². The van der Waals surface area contributed by atoms with Gasteiger partial charge in [-0.15, -0.1) is 0 Å². The second kappa shape index (κ2) is 18.2. The van der Waals surface area contributed by atoms with E-state index in [2.05, 4.69) is 46.5 Å². The molecule has 0 atom stereocenters. The molecule has 0 radical (unpaired) electrons. The first-order chi connectivity index (χ1) is 24.4. The lowest BCUT2D eigenvalue weighted by Gasteiger charge is -2.17. The van der Waals surface area contributed by atoms with Crippen molar-refractivity contribution in [2.45, 2.75) is 89.7 Å². The van der Waals surface area contributed by atoms with Crippen molar-refractivity contribution >= 4 is 63.3 Å². The molecule has 2 aliphatic carbocycles. The van der Waals surface area contributed by atoms with Gasteiger partial charge in [0.2, 0.25) is 0 Å². The Hall–Kier alpha value is -3.18. The number of alkyl halides is 6. The van der Waals surface area contributed by atoms with Crippen LogP contribution in [0.3, 0.4) is 0 Å². The SMILES string of the molecule is Cc1ncc(-c2ccc(C(F)(F)F)cc2Cl)c(NC2CCCC2)n1.Cc1ncc(Br)c(NC2CCCC2)n1.OB(O)c1ccc(C(F)(F)F)cc1Cl. The molecular formula is C34H36BBrCl2F6N6O2. The van der Waals surface area contributed by atoms with Crippen LogP contribution in [0.4, 0.5) is 38.0 Å². The van der Waals surface area contributed by atoms with Gasteiger partial charge in [0.05, 0.1) is 15.6 Å². The summed E-state index contributed by atoms with van der Waals surface area (Å²) in [4.78, 5) is 17.1. The maximum absolute atomic E-state index is 12.8. The van der Waals surface area contributed by atoms with Crippen LogP contribution >= 0.6 is 39.1 Å². The standard InChI is InChI=1S/C17H17ClF3N3.C10H14BrN3.C7H5BClF3O2/c1-10-22-9-14(16(23-10)24-12-4-2-3-5-12)13-7-6-11(8-15(13)18)17(19,20)21;1-7-12-6-9(11)10(13-7)14-8-4-2-3-5-8;9-6-3-4(7(10,11)12)1-2-5(6)8(13)14/h6-9,12H,2-5H2,1H3,(H,22,23,24);6,8H,2-5H2,1H3,(H,12,13,14);1-3,13-14H. The molecule has 0 spiro atoms. The van der Waals surface area contributed by atoms with Crippen LogP contribution in [0.25, 0.3) is 11.1 Å². The highest BCUT2D eigenvalue weighted by Gasteiger charge is 2.32. The van der Waals surface area contributed by atoms with Crippen molar-refractivity contribution < 1.29 is 36.4 Å². The fraction of sp³-hybridized carbons (Fsp3) is 0.412. The summed E-state index contributed by atoms with van der Waals surface area (Å²) < 4.78 is 75.7. The summed E-state index contributed by atoms with van der Waals surface area (Å²) in [6.45, 7) is 3.68. The molecule has 0 saturated heterocycles. The topological polar surface area (TPSA) is 116 Å². The number of halogens is 9. The molecule has 4 N–H and O–H groups in total. The molecule has 2 aliphatic rings. The first-order valence-electron chi connectivity index (χ1n) is 16.4. The van der Waals surface area contributed by atoms with Crippen molar-refractivity contribution in [1.29, 1.82) is 0 Å². The minimum absolute atomic E-state index is 0.0340. The van der Waals surface area contributed by atoms with E-state index in [4.69, 9.17) is 33.2 Å². The van der Waals surface area contributed by atoms with Gasteiger partial charge in [-0.3, -0.25) is 0 Å². The molecule has 2 heterocycles. The minimum Gasteiger partial charge on any atom is -0.423 e. The first kappa shape index (κ1) is 41.6. The second-order valence-corrected chi connectivity index (χ2v) is 14.0. The maximum Gasteiger partial charge on any atom is 0.489 e. The lowest BCUT2D eigenvalue weighted by atomic mass is 9.80. The Labute approximate surface area is 316 Å². The van der Waals surface area contributed by atoms with E-state index in [1.165, 1.54) is 31.7 Å². The zero-order valence-corrected chi connectivity index (χ0v) is 31.2. The molecule has 0 unspecified atom stereocenters. The number of nitrogens with one attached hydrogen (secondary N) is 2. The van der Waals surface area contributed by atoms with Gasteiger partial charge < -0.3 is 20.7 Å². The molecule has 52 heavy (non-hydrogen) atoms. The van der Waals surface area contributed by atoms with Crippen LogP contribution in [-0.2, 0) is 12.4 Å². The number of nitrogens with zero attached hydrogens (tertiary/aromatic N) is 4. The Morgan fingerprint density at radius 3 is 1.63 bits per heavy atom. The van der Waals surface area contributed by atoms with Gasteiger partial charge in [0.25, 0.3) is 0 Å². The van der Waals surface area contributed by atoms with Crippen molar-refractivity contribution in [2.75, 3.05) is 10.6 Å². The fourth-order valence-corrected chi connectivity index (χ4v) is 6.55. The Kier molecular flexibility index (Phi) is 14.6. The Bertz CT molecular complexity index is 1810. The van der Waals surface area contributed by atoms with Crippen molar-refractivity contribution in [3.05, 3.63) is 86.1 Å². The third-order valence-electron chi connectivity index (χ3n) is 8.36. The largest absolute Gasteiger partial charge is 0.489 e. The van der Waals surface area contributed by atoms with E-state index in [9.17, 15) is 26.3 Å². The van der Waals surface area contributed by atoms with Crippen LogP contribution in [0.2, 0.25) is 10.0 Å². The van der Waals surface area contributed by atoms with Crippen molar-refractivity contribution in [3.63, 3.8) is 0 Å². The van der Waals surface area contributed by atoms with E-state index in [0.717, 1.165) is 66.1 Å². The van der Waals surface area contributed by atoms with Gasteiger partial charge in [-0.1, -0.05) is 67.1 Å². The first-order valence-corrected chi connectivity index (χ1v) is 17.9. The molecule has 6 rings (SSSR count). The lowest BCUT2D eigenvalue weighted by molar-refractivity contribution is -0.138. The Morgan fingerprint density at radius 2 is 1.15 bits per heavy atom. The average Bonchev–Trinajstić information content (AvgIpc) is 3.78. The molecule has 0 amide bonds. The number of aromatic nitrogens is 4. The summed E-state index contributed by atoms with van der Waals surface area (Å²) in [7, 11) is -1.87. The van der Waals surface area contributed by atoms with Gasteiger partial charge in [0.1, 0.15) is 23.3 Å². The third kappa shape index (κ3) is 11.9. The zero-order valence-electron chi connectivity index (χ0n) is 28.1. The molecule has 4 aromatic rings. The molecule has 0 aliphatic heterocycles. The molecule has 2 fully saturated rings. The molecule has 18 heteroatoms. The maximum atomic E-state index is 12.8. The van der Waals surface area contributed by atoms with Crippen LogP contribution in [0.5, 0.6) is 0 Å². The third-order valence-corrected chi connectivity index (χ3v) is 9.58. The zero-order chi connectivity index (χ0) is 38.2. The van der Waals surface area contributed by atoms with Crippen LogP contribution in [-0.4, -0.2) is 49.2 Å². The molecule has 280 valence electrons. The average molecular weight is 836 g/mol. The molecule has 2 aromatic carbocycles. The highest BCUT2D eigenvalue weighted by molar-refractivity contribution is 9.10. The van der Waals surface area contributed by atoms with Crippen LogP contribution < -0.4 is 16.1 Å². The van der Waals surface area contributed by atoms with Crippen molar-refractivity contribution in [2.24, 2.45) is 0 Å². The highest BCUT2D eigenvalue weighted by Crippen LogP contribution is 2.38. The summed E-state index contributed by atoms with van der Waals surface area (Å²) in [6, 6.07) is 6.58. The van der Waals surface area contributed by atoms with E-state index < -0.39 is 30.6 Å². The second-order valence-electron chi connectivity index (χ2n) is 12.3. The van der Waals surface area contributed by atoms with E-state index in [1.54, 1.807) is 19.3 Å².